The van der Waals surface area contributed by atoms with Crippen molar-refractivity contribution in [3.63, 3.8) is 0 Å². The summed E-state index contributed by atoms with van der Waals surface area (Å²) in [4.78, 5) is 0. The van der Waals surface area contributed by atoms with Crippen molar-refractivity contribution in [1.29, 1.82) is 0 Å². The van der Waals surface area contributed by atoms with Gasteiger partial charge in [0.25, 0.3) is 0 Å². The third kappa shape index (κ3) is 3.68. The largest absolute Gasteiger partial charge is 0.405 e. The molecule has 1 saturated carbocycles. The van der Waals surface area contributed by atoms with E-state index < -0.39 is 8.32 Å². The maximum atomic E-state index is 6.48. The molecule has 0 radical (unpaired) electrons. The Morgan fingerprint density at radius 2 is 1.89 bits per heavy atom. The molecule has 0 heterocycles. The van der Waals surface area contributed by atoms with Crippen molar-refractivity contribution < 1.29 is 9.16 Å². The molecule has 2 unspecified atom stereocenters. The molecule has 1 aliphatic rings. The van der Waals surface area contributed by atoms with Crippen LogP contribution in [0.5, 0.6) is 0 Å². The van der Waals surface area contributed by atoms with Crippen LogP contribution in [0.1, 0.15) is 31.7 Å². The summed E-state index contributed by atoms with van der Waals surface area (Å²) in [7, 11) is -1.58. The van der Waals surface area contributed by atoms with E-state index in [1.165, 1.54) is 12.0 Å². The Balaban J connectivity index is 2.09. The fraction of sp³-hybridized carbons (Fsp3) is 0.625. The first-order chi connectivity index (χ1) is 8.98. The highest BCUT2D eigenvalue weighted by molar-refractivity contribution is 6.69. The Labute approximate surface area is 118 Å². The molecule has 1 aromatic rings. The first-order valence-electron chi connectivity index (χ1n) is 7.35. The molecule has 1 aromatic carbocycles. The molecule has 0 aromatic heterocycles. The number of unbranched alkanes of at least 4 members (excludes halogenated alkanes) is 1. The molecule has 0 spiro atoms. The van der Waals surface area contributed by atoms with E-state index in [0.29, 0.717) is 0 Å². The Bertz CT molecular complexity index is 399. The molecule has 1 aliphatic carbocycles. The number of hydrogen-bond donors (Lipinski definition) is 0. The van der Waals surface area contributed by atoms with Gasteiger partial charge in [-0.15, -0.1) is 0 Å². The molecular weight excluding hydrogens is 252 g/mol. The van der Waals surface area contributed by atoms with Gasteiger partial charge in [-0.05, 0) is 31.6 Å². The van der Waals surface area contributed by atoms with E-state index in [0.717, 1.165) is 19.4 Å². The summed E-state index contributed by atoms with van der Waals surface area (Å²) in [6, 6.07) is 10.6. The van der Waals surface area contributed by atoms with E-state index >= 15 is 0 Å². The van der Waals surface area contributed by atoms with Gasteiger partial charge in [-0.3, -0.25) is 0 Å². The van der Waals surface area contributed by atoms with Gasteiger partial charge in [0.05, 0.1) is 6.10 Å². The van der Waals surface area contributed by atoms with Crippen LogP contribution in [-0.2, 0) is 14.8 Å². The number of ether oxygens (including phenoxy) is 1. The van der Waals surface area contributed by atoms with Gasteiger partial charge in [0, 0.05) is 13.0 Å². The minimum atomic E-state index is -1.58. The minimum absolute atomic E-state index is 0.167. The molecule has 0 saturated heterocycles. The topological polar surface area (TPSA) is 18.5 Å². The summed E-state index contributed by atoms with van der Waals surface area (Å²) in [5.74, 6) is 0. The van der Waals surface area contributed by atoms with Crippen LogP contribution in [0.15, 0.2) is 30.3 Å². The van der Waals surface area contributed by atoms with Crippen LogP contribution in [0.25, 0.3) is 0 Å². The lowest BCUT2D eigenvalue weighted by molar-refractivity contribution is 0.0406. The molecule has 0 bridgehead atoms. The quantitative estimate of drug-likeness (QED) is 0.546. The van der Waals surface area contributed by atoms with Gasteiger partial charge in [0.2, 0.25) is 0 Å². The van der Waals surface area contributed by atoms with Gasteiger partial charge in [-0.1, -0.05) is 43.7 Å². The second-order valence-electron chi connectivity index (χ2n) is 6.39. The van der Waals surface area contributed by atoms with E-state index in [1.54, 1.807) is 0 Å². The standard InChI is InChI=1S/C16H26O2Si/c1-5-6-12-17-15-13-16(15,18-19(2,3)4)14-10-8-7-9-11-14/h7-11,15H,5-6,12-13H2,1-4H3. The number of rotatable bonds is 7. The van der Waals surface area contributed by atoms with E-state index in [2.05, 4.69) is 56.9 Å². The molecule has 19 heavy (non-hydrogen) atoms. The highest BCUT2D eigenvalue weighted by atomic mass is 28.4. The summed E-state index contributed by atoms with van der Waals surface area (Å²) in [6.45, 7) is 9.79. The third-order valence-electron chi connectivity index (χ3n) is 3.42. The fourth-order valence-corrected chi connectivity index (χ4v) is 3.94. The highest BCUT2D eigenvalue weighted by Gasteiger charge is 2.59. The predicted octanol–water partition coefficient (Wildman–Crippen LogP) is 4.32. The van der Waals surface area contributed by atoms with E-state index in [4.69, 9.17) is 9.16 Å². The van der Waals surface area contributed by atoms with Crippen molar-refractivity contribution >= 4 is 8.32 Å². The average Bonchev–Trinajstić information content (AvgIpc) is 3.03. The van der Waals surface area contributed by atoms with E-state index in [9.17, 15) is 0 Å². The highest BCUT2D eigenvalue weighted by Crippen LogP contribution is 2.53. The molecule has 3 heteroatoms. The first kappa shape index (κ1) is 14.8. The molecule has 2 nitrogen and oxygen atoms in total. The van der Waals surface area contributed by atoms with Gasteiger partial charge in [0.15, 0.2) is 8.32 Å². The molecular formula is C16H26O2Si. The average molecular weight is 278 g/mol. The van der Waals surface area contributed by atoms with Gasteiger partial charge >= 0.3 is 0 Å². The van der Waals surface area contributed by atoms with Crippen molar-refractivity contribution in [3.05, 3.63) is 35.9 Å². The van der Waals surface area contributed by atoms with Crippen LogP contribution >= 0.6 is 0 Å². The van der Waals surface area contributed by atoms with Crippen LogP contribution in [-0.4, -0.2) is 21.0 Å². The Kier molecular flexibility index (Phi) is 4.49. The molecule has 2 atom stereocenters. The van der Waals surface area contributed by atoms with E-state index in [1.807, 2.05) is 0 Å². The Morgan fingerprint density at radius 3 is 2.47 bits per heavy atom. The number of hydrogen-bond acceptors (Lipinski definition) is 2. The zero-order valence-electron chi connectivity index (χ0n) is 12.6. The second-order valence-corrected chi connectivity index (χ2v) is 10.8. The lowest BCUT2D eigenvalue weighted by Gasteiger charge is -2.28. The van der Waals surface area contributed by atoms with Crippen LogP contribution in [0.4, 0.5) is 0 Å². The summed E-state index contributed by atoms with van der Waals surface area (Å²) >= 11 is 0. The molecule has 106 valence electrons. The molecule has 1 fully saturated rings. The third-order valence-corrected chi connectivity index (χ3v) is 4.39. The van der Waals surface area contributed by atoms with Crippen molar-refractivity contribution in [2.75, 3.05) is 6.61 Å². The molecule has 0 aliphatic heterocycles. The second kappa shape index (κ2) is 5.78. The van der Waals surface area contributed by atoms with Crippen molar-refractivity contribution in [2.45, 2.75) is 57.5 Å². The van der Waals surface area contributed by atoms with Crippen molar-refractivity contribution in [2.24, 2.45) is 0 Å². The Hall–Kier alpha value is -0.643. The van der Waals surface area contributed by atoms with Crippen molar-refractivity contribution in [1.82, 2.24) is 0 Å². The summed E-state index contributed by atoms with van der Waals surface area (Å²) in [5, 5.41) is 0. The monoisotopic (exact) mass is 278 g/mol. The number of benzene rings is 1. The van der Waals surface area contributed by atoms with Crippen LogP contribution < -0.4 is 0 Å². The maximum Gasteiger partial charge on any atom is 0.185 e. The summed E-state index contributed by atoms with van der Waals surface area (Å²) in [6.07, 6.45) is 3.56. The fourth-order valence-electron chi connectivity index (χ4n) is 2.52. The summed E-state index contributed by atoms with van der Waals surface area (Å²) < 4.78 is 12.5. The van der Waals surface area contributed by atoms with Crippen molar-refractivity contribution in [3.8, 4) is 0 Å². The molecule has 0 N–H and O–H groups in total. The maximum absolute atomic E-state index is 6.48. The normalized spacial score (nSPS) is 26.4. The predicted molar refractivity (Wildman–Crippen MR) is 81.8 cm³/mol. The van der Waals surface area contributed by atoms with Gasteiger partial charge in [-0.25, -0.2) is 0 Å². The Morgan fingerprint density at radius 1 is 1.21 bits per heavy atom. The lowest BCUT2D eigenvalue weighted by Crippen LogP contribution is -2.34. The smallest absolute Gasteiger partial charge is 0.185 e. The zero-order valence-corrected chi connectivity index (χ0v) is 13.6. The lowest BCUT2D eigenvalue weighted by atomic mass is 10.1. The van der Waals surface area contributed by atoms with Gasteiger partial charge in [-0.2, -0.15) is 0 Å². The molecule has 2 rings (SSSR count). The van der Waals surface area contributed by atoms with E-state index in [-0.39, 0.29) is 11.7 Å². The SMILES string of the molecule is CCCCOC1CC1(O[Si](C)(C)C)c1ccccc1. The van der Waals surface area contributed by atoms with Crippen LogP contribution in [0, 0.1) is 0 Å². The van der Waals surface area contributed by atoms with Gasteiger partial charge < -0.3 is 9.16 Å². The van der Waals surface area contributed by atoms with Gasteiger partial charge in [0.1, 0.15) is 5.60 Å². The summed E-state index contributed by atoms with van der Waals surface area (Å²) in [5.41, 5.74) is 1.11. The zero-order chi connectivity index (χ0) is 13.9. The van der Waals surface area contributed by atoms with Crippen LogP contribution in [0.2, 0.25) is 19.6 Å². The minimum Gasteiger partial charge on any atom is -0.405 e. The molecule has 0 amide bonds. The van der Waals surface area contributed by atoms with Crippen LogP contribution in [0.3, 0.4) is 0 Å². The first-order valence-corrected chi connectivity index (χ1v) is 10.8.